The molecule has 0 radical (unpaired) electrons. The van der Waals surface area contributed by atoms with Crippen molar-refractivity contribution in [3.8, 4) is 5.88 Å². The Kier molecular flexibility index (Phi) is 4.94. The Morgan fingerprint density at radius 3 is 2.54 bits per heavy atom. The number of hydrogen-bond acceptors (Lipinski definition) is 5. The normalized spacial score (nSPS) is 19.0. The van der Waals surface area contributed by atoms with Crippen LogP contribution in [0, 0.1) is 5.92 Å². The molecule has 2 heterocycles. The van der Waals surface area contributed by atoms with Crippen LogP contribution in [0.15, 0.2) is 12.1 Å². The minimum atomic E-state index is -2.69. The third-order valence-electron chi connectivity index (χ3n) is 5.16. The highest BCUT2D eigenvalue weighted by atomic mass is 19.3. The molecule has 0 amide bonds. The SMILES string of the molecule is CCC(CC)(Nc1ccc(N2CC(F)(F)C2)c(OCC2CC2)n1)C(=O)O. The molecule has 3 rings (SSSR count). The molecule has 2 N–H and O–H groups in total. The van der Waals surface area contributed by atoms with Crippen molar-refractivity contribution in [2.75, 3.05) is 29.9 Å². The smallest absolute Gasteiger partial charge is 0.329 e. The first-order valence-electron chi connectivity index (χ1n) is 9.07. The Hall–Kier alpha value is -2.12. The predicted molar refractivity (Wildman–Crippen MR) is 94.2 cm³/mol. The Labute approximate surface area is 151 Å². The second kappa shape index (κ2) is 6.89. The van der Waals surface area contributed by atoms with Gasteiger partial charge in [-0.2, -0.15) is 4.98 Å². The van der Waals surface area contributed by atoms with Gasteiger partial charge in [0.25, 0.3) is 5.92 Å². The highest BCUT2D eigenvalue weighted by Crippen LogP contribution is 2.39. The molecule has 0 unspecified atom stereocenters. The van der Waals surface area contributed by atoms with E-state index in [4.69, 9.17) is 4.74 Å². The lowest BCUT2D eigenvalue weighted by atomic mass is 9.93. The lowest BCUT2D eigenvalue weighted by Gasteiger charge is -2.40. The Morgan fingerprint density at radius 1 is 1.38 bits per heavy atom. The summed E-state index contributed by atoms with van der Waals surface area (Å²) in [6.07, 6.45) is 2.98. The van der Waals surface area contributed by atoms with Crippen LogP contribution in [-0.2, 0) is 4.79 Å². The summed E-state index contributed by atoms with van der Waals surface area (Å²) in [5, 5.41) is 12.6. The van der Waals surface area contributed by atoms with Gasteiger partial charge >= 0.3 is 5.97 Å². The molecule has 1 aromatic rings. The van der Waals surface area contributed by atoms with Crippen LogP contribution in [0.5, 0.6) is 5.88 Å². The minimum Gasteiger partial charge on any atom is -0.480 e. The monoisotopic (exact) mass is 369 g/mol. The van der Waals surface area contributed by atoms with Gasteiger partial charge in [-0.25, -0.2) is 13.6 Å². The van der Waals surface area contributed by atoms with E-state index in [0.29, 0.717) is 36.9 Å². The largest absolute Gasteiger partial charge is 0.480 e. The van der Waals surface area contributed by atoms with Gasteiger partial charge in [-0.3, -0.25) is 0 Å². The van der Waals surface area contributed by atoms with Crippen LogP contribution >= 0.6 is 0 Å². The fourth-order valence-corrected chi connectivity index (χ4v) is 3.04. The number of carboxylic acids is 1. The predicted octanol–water partition coefficient (Wildman–Crippen LogP) is 3.38. The highest BCUT2D eigenvalue weighted by molar-refractivity contribution is 5.82. The second-order valence-electron chi connectivity index (χ2n) is 7.21. The minimum absolute atomic E-state index is 0.281. The number of aliphatic carboxylic acids is 1. The molecule has 8 heteroatoms. The van der Waals surface area contributed by atoms with E-state index < -0.39 is 17.4 Å². The summed E-state index contributed by atoms with van der Waals surface area (Å²) >= 11 is 0. The summed E-state index contributed by atoms with van der Waals surface area (Å²) in [6, 6.07) is 3.30. The van der Waals surface area contributed by atoms with E-state index in [2.05, 4.69) is 10.3 Å². The third-order valence-corrected chi connectivity index (χ3v) is 5.16. The zero-order chi connectivity index (χ0) is 18.9. The number of alkyl halides is 2. The van der Waals surface area contributed by atoms with Crippen LogP contribution in [0.4, 0.5) is 20.3 Å². The van der Waals surface area contributed by atoms with Crippen LogP contribution in [0.2, 0.25) is 0 Å². The van der Waals surface area contributed by atoms with Gasteiger partial charge in [0.2, 0.25) is 5.88 Å². The van der Waals surface area contributed by atoms with Gasteiger partial charge in [-0.1, -0.05) is 13.8 Å². The van der Waals surface area contributed by atoms with Gasteiger partial charge in [0.05, 0.1) is 19.7 Å². The first-order chi connectivity index (χ1) is 12.3. The van der Waals surface area contributed by atoms with Crippen LogP contribution in [0.3, 0.4) is 0 Å². The molecule has 1 aliphatic carbocycles. The van der Waals surface area contributed by atoms with Crippen molar-refractivity contribution in [1.82, 2.24) is 4.98 Å². The van der Waals surface area contributed by atoms with Gasteiger partial charge < -0.3 is 20.1 Å². The number of aromatic nitrogens is 1. The molecular formula is C18H25F2N3O3. The van der Waals surface area contributed by atoms with E-state index in [1.54, 1.807) is 26.0 Å². The van der Waals surface area contributed by atoms with Gasteiger partial charge in [0.15, 0.2) is 0 Å². The van der Waals surface area contributed by atoms with Crippen molar-refractivity contribution >= 4 is 17.5 Å². The van der Waals surface area contributed by atoms with Crippen LogP contribution in [-0.4, -0.2) is 47.2 Å². The summed E-state index contributed by atoms with van der Waals surface area (Å²) < 4.78 is 32.2. The molecule has 0 atom stereocenters. The maximum absolute atomic E-state index is 13.2. The summed E-state index contributed by atoms with van der Waals surface area (Å²) in [5.41, 5.74) is -0.595. The van der Waals surface area contributed by atoms with Crippen molar-refractivity contribution in [2.24, 2.45) is 5.92 Å². The summed E-state index contributed by atoms with van der Waals surface area (Å²) in [4.78, 5) is 17.6. The van der Waals surface area contributed by atoms with Crippen LogP contribution < -0.4 is 15.0 Å². The average molecular weight is 369 g/mol. The molecule has 6 nitrogen and oxygen atoms in total. The van der Waals surface area contributed by atoms with Crippen molar-refractivity contribution < 1.29 is 23.4 Å². The maximum Gasteiger partial charge on any atom is 0.329 e. The number of nitrogens with one attached hydrogen (secondary N) is 1. The molecular weight excluding hydrogens is 344 g/mol. The Bertz CT molecular complexity index is 668. The molecule has 26 heavy (non-hydrogen) atoms. The van der Waals surface area contributed by atoms with E-state index in [-0.39, 0.29) is 19.0 Å². The van der Waals surface area contributed by atoms with Crippen LogP contribution in [0.1, 0.15) is 39.5 Å². The second-order valence-corrected chi connectivity index (χ2v) is 7.21. The highest BCUT2D eigenvalue weighted by Gasteiger charge is 2.45. The Balaban J connectivity index is 1.82. The number of carbonyl (C=O) groups is 1. The number of pyridine rings is 1. The lowest BCUT2D eigenvalue weighted by molar-refractivity contribution is -0.142. The fraction of sp³-hybridized carbons (Fsp3) is 0.667. The molecule has 0 aromatic carbocycles. The van der Waals surface area contributed by atoms with Gasteiger partial charge in [-0.15, -0.1) is 0 Å². The quantitative estimate of drug-likeness (QED) is 0.695. The van der Waals surface area contributed by atoms with Gasteiger partial charge in [0, 0.05) is 0 Å². The molecule has 1 aliphatic heterocycles. The molecule has 1 saturated heterocycles. The van der Waals surface area contributed by atoms with Crippen molar-refractivity contribution in [3.05, 3.63) is 12.1 Å². The number of nitrogens with zero attached hydrogens (tertiary/aromatic N) is 2. The van der Waals surface area contributed by atoms with Gasteiger partial charge in [0.1, 0.15) is 17.0 Å². The molecule has 144 valence electrons. The standard InChI is InChI=1S/C18H25F2N3O3/c1-3-17(4-2,16(24)25)22-14-8-7-13(23-10-18(19,20)11-23)15(21-14)26-9-12-5-6-12/h7-8,12H,3-6,9-11H2,1-2H3,(H,21,22)(H,24,25). The van der Waals surface area contributed by atoms with Crippen molar-refractivity contribution in [1.29, 1.82) is 0 Å². The van der Waals surface area contributed by atoms with E-state index in [1.807, 2.05) is 0 Å². The first-order valence-corrected chi connectivity index (χ1v) is 9.07. The summed E-state index contributed by atoms with van der Waals surface area (Å²) in [7, 11) is 0. The maximum atomic E-state index is 13.2. The van der Waals surface area contributed by atoms with Crippen LogP contribution in [0.25, 0.3) is 0 Å². The number of hydrogen-bond donors (Lipinski definition) is 2. The number of carboxylic acid groups (broad SMARTS) is 1. The molecule has 1 aromatic heterocycles. The Morgan fingerprint density at radius 2 is 2.04 bits per heavy atom. The number of ether oxygens (including phenoxy) is 1. The molecule has 2 fully saturated rings. The fourth-order valence-electron chi connectivity index (χ4n) is 3.04. The summed E-state index contributed by atoms with van der Waals surface area (Å²) in [6.45, 7) is 3.38. The first kappa shape index (κ1) is 18.7. The zero-order valence-electron chi connectivity index (χ0n) is 15.1. The average Bonchev–Trinajstić information content (AvgIpc) is 3.40. The number of anilines is 2. The third kappa shape index (κ3) is 3.83. The van der Waals surface area contributed by atoms with E-state index in [1.165, 1.54) is 4.90 Å². The van der Waals surface area contributed by atoms with E-state index >= 15 is 0 Å². The topological polar surface area (TPSA) is 74.7 Å². The molecule has 2 aliphatic rings. The van der Waals surface area contributed by atoms with Crippen molar-refractivity contribution in [3.63, 3.8) is 0 Å². The lowest BCUT2D eigenvalue weighted by Crippen LogP contribution is -2.56. The van der Waals surface area contributed by atoms with E-state index in [0.717, 1.165) is 12.8 Å². The number of rotatable bonds is 9. The molecule has 0 spiro atoms. The van der Waals surface area contributed by atoms with Gasteiger partial charge in [-0.05, 0) is 43.7 Å². The summed E-state index contributed by atoms with van der Waals surface area (Å²) in [5.74, 6) is -2.49. The zero-order valence-corrected chi connectivity index (χ0v) is 15.1. The molecule has 0 bridgehead atoms. The van der Waals surface area contributed by atoms with Crippen molar-refractivity contribution in [2.45, 2.75) is 51.0 Å². The number of halogens is 2. The van der Waals surface area contributed by atoms with E-state index in [9.17, 15) is 18.7 Å². The molecule has 1 saturated carbocycles.